The van der Waals surface area contributed by atoms with Crippen molar-refractivity contribution in [2.45, 2.75) is 19.3 Å². The number of carboxylic acids is 1. The van der Waals surface area contributed by atoms with Crippen LogP contribution in [-0.2, 0) is 11.2 Å². The van der Waals surface area contributed by atoms with E-state index < -0.39 is 11.9 Å². The van der Waals surface area contributed by atoms with Crippen molar-refractivity contribution in [3.8, 4) is 0 Å². The average Bonchev–Trinajstić information content (AvgIpc) is 2.46. The molecule has 0 heterocycles. The Bertz CT molecular complexity index is 606. The molecule has 0 fully saturated rings. The minimum Gasteiger partial charge on any atom is -0.481 e. The maximum Gasteiger partial charge on any atom is 0.307 e. The molecule has 1 N–H and O–H groups in total. The number of halogens is 2. The molecule has 2 unspecified atom stereocenters. The second-order valence-corrected chi connectivity index (χ2v) is 6.95. The molecule has 0 aliphatic carbocycles. The topological polar surface area (TPSA) is 37.3 Å². The monoisotopic (exact) mass is 410 g/mol. The highest BCUT2D eigenvalue weighted by Crippen LogP contribution is 2.29. The van der Waals surface area contributed by atoms with Gasteiger partial charge in [0.2, 0.25) is 0 Å². The van der Waals surface area contributed by atoms with Gasteiger partial charge in [-0.1, -0.05) is 63.0 Å². The van der Waals surface area contributed by atoms with Crippen LogP contribution < -0.4 is 0 Å². The second kappa shape index (κ2) is 7.23. The molecular weight excluding hydrogens is 396 g/mol. The molecule has 2 aromatic rings. The van der Waals surface area contributed by atoms with Gasteiger partial charge in [-0.2, -0.15) is 0 Å². The predicted molar refractivity (Wildman–Crippen MR) is 91.5 cm³/mol. The lowest BCUT2D eigenvalue weighted by molar-refractivity contribution is -0.142. The zero-order valence-electron chi connectivity index (χ0n) is 11.6. The van der Waals surface area contributed by atoms with Crippen LogP contribution in [0, 0.1) is 5.92 Å². The molecule has 4 heteroatoms. The van der Waals surface area contributed by atoms with E-state index in [2.05, 4.69) is 31.9 Å². The highest BCUT2D eigenvalue weighted by molar-refractivity contribution is 9.10. The summed E-state index contributed by atoms with van der Waals surface area (Å²) in [6.45, 7) is 1.97. The van der Waals surface area contributed by atoms with Crippen LogP contribution in [0.4, 0.5) is 0 Å². The van der Waals surface area contributed by atoms with Gasteiger partial charge in [-0.3, -0.25) is 4.79 Å². The van der Waals surface area contributed by atoms with Crippen molar-refractivity contribution in [2.75, 3.05) is 0 Å². The molecule has 0 saturated heterocycles. The van der Waals surface area contributed by atoms with Crippen LogP contribution in [0.5, 0.6) is 0 Å². The largest absolute Gasteiger partial charge is 0.481 e. The van der Waals surface area contributed by atoms with Gasteiger partial charge >= 0.3 is 5.97 Å². The number of carbonyl (C=O) groups is 1. The number of rotatable bonds is 5. The lowest BCUT2D eigenvalue weighted by atomic mass is 9.83. The Labute approximate surface area is 141 Å². The van der Waals surface area contributed by atoms with E-state index >= 15 is 0 Å². The summed E-state index contributed by atoms with van der Waals surface area (Å²) in [5.74, 6) is -1.24. The highest BCUT2D eigenvalue weighted by Gasteiger charge is 2.26. The molecule has 0 radical (unpaired) electrons. The summed E-state index contributed by atoms with van der Waals surface area (Å²) in [7, 11) is 0. The van der Waals surface area contributed by atoms with E-state index in [4.69, 9.17) is 0 Å². The second-order valence-electron chi connectivity index (χ2n) is 5.12. The Morgan fingerprint density at radius 1 is 1.00 bits per heavy atom. The van der Waals surface area contributed by atoms with Gasteiger partial charge < -0.3 is 5.11 Å². The van der Waals surface area contributed by atoms with Crippen molar-refractivity contribution in [2.24, 2.45) is 5.92 Å². The average molecular weight is 412 g/mol. The predicted octanol–water partition coefficient (Wildman–Crippen LogP) is 5.26. The first-order valence-electron chi connectivity index (χ1n) is 6.70. The van der Waals surface area contributed by atoms with Crippen LogP contribution in [0.1, 0.15) is 24.0 Å². The Morgan fingerprint density at radius 2 is 1.48 bits per heavy atom. The lowest BCUT2D eigenvalue weighted by Gasteiger charge is -2.21. The van der Waals surface area contributed by atoms with Crippen molar-refractivity contribution in [3.05, 3.63) is 68.6 Å². The first kappa shape index (κ1) is 16.2. The van der Waals surface area contributed by atoms with Gasteiger partial charge in [0.25, 0.3) is 0 Å². The minimum atomic E-state index is -0.756. The fraction of sp³-hybridized carbons (Fsp3) is 0.235. The Hall–Kier alpha value is -1.13. The number of hydrogen-bond donors (Lipinski definition) is 1. The van der Waals surface area contributed by atoms with Gasteiger partial charge in [0.05, 0.1) is 5.92 Å². The zero-order chi connectivity index (χ0) is 15.4. The first-order chi connectivity index (χ1) is 9.97. The summed E-state index contributed by atoms with van der Waals surface area (Å²) in [4.78, 5) is 11.6. The quantitative estimate of drug-likeness (QED) is 0.728. The van der Waals surface area contributed by atoms with Crippen molar-refractivity contribution in [1.29, 1.82) is 0 Å². The first-order valence-corrected chi connectivity index (χ1v) is 8.28. The van der Waals surface area contributed by atoms with Crippen LogP contribution in [0.15, 0.2) is 57.5 Å². The van der Waals surface area contributed by atoms with E-state index in [0.717, 1.165) is 20.1 Å². The Kier molecular flexibility index (Phi) is 5.59. The minimum absolute atomic E-state index is 0.0424. The number of benzene rings is 2. The molecule has 2 aromatic carbocycles. The fourth-order valence-electron chi connectivity index (χ4n) is 2.35. The van der Waals surface area contributed by atoms with E-state index in [-0.39, 0.29) is 5.92 Å². The molecule has 0 bridgehead atoms. The summed E-state index contributed by atoms with van der Waals surface area (Å²) in [6, 6.07) is 15.7. The summed E-state index contributed by atoms with van der Waals surface area (Å²) in [5.41, 5.74) is 2.08. The molecule has 2 nitrogen and oxygen atoms in total. The van der Waals surface area contributed by atoms with Crippen LogP contribution in [-0.4, -0.2) is 11.1 Å². The van der Waals surface area contributed by atoms with Crippen molar-refractivity contribution < 1.29 is 9.90 Å². The van der Waals surface area contributed by atoms with E-state index in [0.29, 0.717) is 6.42 Å². The standard InChI is InChI=1S/C17H16Br2O2/c1-11(13-4-8-15(19)9-5-13)16(17(20)21)10-12-2-6-14(18)7-3-12/h2-9,11,16H,10H2,1H3,(H,20,21). The van der Waals surface area contributed by atoms with Crippen LogP contribution in [0.2, 0.25) is 0 Å². The smallest absolute Gasteiger partial charge is 0.307 e. The molecule has 0 spiro atoms. The van der Waals surface area contributed by atoms with E-state index in [1.807, 2.05) is 55.5 Å². The third-order valence-corrected chi connectivity index (χ3v) is 4.74. The van der Waals surface area contributed by atoms with Gasteiger partial charge in [0.15, 0.2) is 0 Å². The van der Waals surface area contributed by atoms with Gasteiger partial charge in [-0.15, -0.1) is 0 Å². The van der Waals surface area contributed by atoms with Gasteiger partial charge in [0, 0.05) is 8.95 Å². The number of aliphatic carboxylic acids is 1. The molecule has 0 aromatic heterocycles. The summed E-state index contributed by atoms with van der Waals surface area (Å²) < 4.78 is 2.00. The summed E-state index contributed by atoms with van der Waals surface area (Å²) >= 11 is 6.79. The fourth-order valence-corrected chi connectivity index (χ4v) is 2.88. The van der Waals surface area contributed by atoms with Gasteiger partial charge in [0.1, 0.15) is 0 Å². The van der Waals surface area contributed by atoms with E-state index in [1.54, 1.807) is 0 Å². The maximum absolute atomic E-state index is 11.6. The van der Waals surface area contributed by atoms with E-state index in [9.17, 15) is 9.90 Å². The van der Waals surface area contributed by atoms with Crippen molar-refractivity contribution in [1.82, 2.24) is 0 Å². The van der Waals surface area contributed by atoms with Crippen LogP contribution >= 0.6 is 31.9 Å². The SMILES string of the molecule is CC(c1ccc(Br)cc1)C(Cc1ccc(Br)cc1)C(=O)O. The summed E-state index contributed by atoms with van der Waals surface area (Å²) in [6.07, 6.45) is 0.528. The van der Waals surface area contributed by atoms with Crippen molar-refractivity contribution in [3.63, 3.8) is 0 Å². The molecule has 0 saturated carbocycles. The normalized spacial score (nSPS) is 13.7. The van der Waals surface area contributed by atoms with Gasteiger partial charge in [-0.05, 0) is 47.7 Å². The van der Waals surface area contributed by atoms with Crippen LogP contribution in [0.25, 0.3) is 0 Å². The van der Waals surface area contributed by atoms with Crippen molar-refractivity contribution >= 4 is 37.8 Å². The summed E-state index contributed by atoms with van der Waals surface area (Å²) in [5, 5.41) is 9.56. The maximum atomic E-state index is 11.6. The number of hydrogen-bond acceptors (Lipinski definition) is 1. The molecule has 0 aliphatic rings. The molecule has 21 heavy (non-hydrogen) atoms. The third-order valence-electron chi connectivity index (χ3n) is 3.69. The molecule has 110 valence electrons. The molecule has 0 amide bonds. The zero-order valence-corrected chi connectivity index (χ0v) is 14.8. The molecule has 2 atom stereocenters. The third kappa shape index (κ3) is 4.42. The van der Waals surface area contributed by atoms with E-state index in [1.165, 1.54) is 0 Å². The Balaban J connectivity index is 2.20. The number of carboxylic acid groups (broad SMARTS) is 1. The molecule has 2 rings (SSSR count). The molecular formula is C17H16Br2O2. The van der Waals surface area contributed by atoms with Gasteiger partial charge in [-0.25, -0.2) is 0 Å². The Morgan fingerprint density at radius 3 is 1.95 bits per heavy atom. The highest BCUT2D eigenvalue weighted by atomic mass is 79.9. The lowest BCUT2D eigenvalue weighted by Crippen LogP contribution is -2.22. The molecule has 0 aliphatic heterocycles. The van der Waals surface area contributed by atoms with Crippen LogP contribution in [0.3, 0.4) is 0 Å².